The van der Waals surface area contributed by atoms with Gasteiger partial charge in [0.1, 0.15) is 29.3 Å². The van der Waals surface area contributed by atoms with Gasteiger partial charge in [0.15, 0.2) is 0 Å². The maximum Gasteiger partial charge on any atom is 0.315 e. The Labute approximate surface area is 145 Å². The van der Waals surface area contributed by atoms with Crippen LogP contribution in [0, 0.1) is 19.3 Å². The normalized spacial score (nSPS) is 24.4. The number of ether oxygens (including phenoxy) is 1. The Morgan fingerprint density at radius 1 is 1.28 bits per heavy atom. The minimum Gasteiger partial charge on any atom is -0.492 e. The van der Waals surface area contributed by atoms with Crippen LogP contribution in [-0.4, -0.2) is 41.6 Å². The molecule has 1 amide bonds. The van der Waals surface area contributed by atoms with Crippen molar-refractivity contribution in [2.24, 2.45) is 5.41 Å². The van der Waals surface area contributed by atoms with Crippen molar-refractivity contribution < 1.29 is 23.8 Å². The van der Waals surface area contributed by atoms with Gasteiger partial charge in [0.05, 0.1) is 5.56 Å². The van der Waals surface area contributed by atoms with Crippen LogP contribution in [0.5, 0.6) is 5.75 Å². The number of hydrogen-bond acceptors (Lipinski definition) is 4. The van der Waals surface area contributed by atoms with E-state index in [0.717, 1.165) is 5.56 Å². The van der Waals surface area contributed by atoms with Gasteiger partial charge in [-0.25, -0.2) is 0 Å². The van der Waals surface area contributed by atoms with Crippen molar-refractivity contribution in [1.82, 2.24) is 4.90 Å². The Bertz CT molecular complexity index is 870. The zero-order chi connectivity index (χ0) is 17.8. The molecular formula is C19H19NO5. The fourth-order valence-electron chi connectivity index (χ4n) is 4.01. The van der Waals surface area contributed by atoms with Gasteiger partial charge in [-0.15, -0.1) is 0 Å². The number of likely N-dealkylation sites (tertiary alicyclic amines) is 1. The summed E-state index contributed by atoms with van der Waals surface area (Å²) < 4.78 is 11.2. The number of nitrogens with zero attached hydrogens (tertiary/aromatic N) is 1. The fourth-order valence-corrected chi connectivity index (χ4v) is 4.01. The number of carbonyl (C=O) groups excluding carboxylic acids is 1. The molecule has 6 heteroatoms. The average Bonchev–Trinajstić information content (AvgIpc) is 3.15. The van der Waals surface area contributed by atoms with Crippen LogP contribution in [0.25, 0.3) is 0 Å². The standard InChI is InChI=1S/C19H19NO5/c1-11-7-14(12(2)25-11)17(21)20-8-15-13-5-3-4-6-16(13)24-10-19(15,9-20)18(22)23/h3-7,15H,8-10H2,1-2H3,(H,22,23)/t15?,19-/m1/s1. The number of carboxylic acids is 1. The van der Waals surface area contributed by atoms with E-state index in [-0.39, 0.29) is 25.0 Å². The zero-order valence-electron chi connectivity index (χ0n) is 14.1. The SMILES string of the molecule is Cc1cc(C(=O)N2CC3c4ccccc4OC[C@]3(C(=O)O)C2)c(C)o1. The molecule has 1 aromatic heterocycles. The summed E-state index contributed by atoms with van der Waals surface area (Å²) in [6.07, 6.45) is 0. The number of carboxylic acid groups (broad SMARTS) is 1. The number of furan rings is 1. The first kappa shape index (κ1) is 15.7. The van der Waals surface area contributed by atoms with Gasteiger partial charge in [-0.05, 0) is 26.0 Å². The van der Waals surface area contributed by atoms with E-state index in [4.69, 9.17) is 9.15 Å². The predicted molar refractivity (Wildman–Crippen MR) is 88.8 cm³/mol. The average molecular weight is 341 g/mol. The summed E-state index contributed by atoms with van der Waals surface area (Å²) in [6.45, 7) is 4.08. The van der Waals surface area contributed by atoms with E-state index in [9.17, 15) is 14.7 Å². The molecule has 2 aromatic rings. The molecule has 1 aromatic carbocycles. The molecule has 0 spiro atoms. The summed E-state index contributed by atoms with van der Waals surface area (Å²) in [6, 6.07) is 9.17. The largest absolute Gasteiger partial charge is 0.492 e. The first-order chi connectivity index (χ1) is 11.9. The first-order valence-corrected chi connectivity index (χ1v) is 8.24. The number of fused-ring (bicyclic) bond motifs is 3. The van der Waals surface area contributed by atoms with Gasteiger partial charge < -0.3 is 19.2 Å². The summed E-state index contributed by atoms with van der Waals surface area (Å²) in [5, 5.41) is 9.92. The summed E-state index contributed by atoms with van der Waals surface area (Å²) in [7, 11) is 0. The third-order valence-corrected chi connectivity index (χ3v) is 5.31. The van der Waals surface area contributed by atoms with Gasteiger partial charge in [0.2, 0.25) is 0 Å². The van der Waals surface area contributed by atoms with E-state index in [1.54, 1.807) is 24.8 Å². The molecule has 1 saturated heterocycles. The van der Waals surface area contributed by atoms with E-state index in [1.807, 2.05) is 24.3 Å². The number of para-hydroxylation sites is 1. The van der Waals surface area contributed by atoms with Crippen molar-refractivity contribution in [3.63, 3.8) is 0 Å². The minimum absolute atomic E-state index is 0.0667. The van der Waals surface area contributed by atoms with Crippen LogP contribution in [0.15, 0.2) is 34.7 Å². The topological polar surface area (TPSA) is 80.0 Å². The summed E-state index contributed by atoms with van der Waals surface area (Å²) in [4.78, 5) is 26.7. The molecule has 0 aliphatic carbocycles. The number of carbonyl (C=O) groups is 2. The smallest absolute Gasteiger partial charge is 0.315 e. The molecule has 25 heavy (non-hydrogen) atoms. The summed E-state index contributed by atoms with van der Waals surface area (Å²) in [5.41, 5.74) is 0.230. The molecule has 1 N–H and O–H groups in total. The third-order valence-electron chi connectivity index (χ3n) is 5.31. The van der Waals surface area contributed by atoms with Gasteiger partial charge in [0, 0.05) is 24.6 Å². The van der Waals surface area contributed by atoms with Crippen molar-refractivity contribution >= 4 is 11.9 Å². The molecule has 2 aliphatic heterocycles. The van der Waals surface area contributed by atoms with E-state index in [2.05, 4.69) is 0 Å². The van der Waals surface area contributed by atoms with Crippen molar-refractivity contribution in [1.29, 1.82) is 0 Å². The first-order valence-electron chi connectivity index (χ1n) is 8.24. The summed E-state index contributed by atoms with van der Waals surface area (Å²) in [5.74, 6) is 0.517. The van der Waals surface area contributed by atoms with Gasteiger partial charge >= 0.3 is 5.97 Å². The Morgan fingerprint density at radius 3 is 2.72 bits per heavy atom. The van der Waals surface area contributed by atoms with E-state index in [1.165, 1.54) is 0 Å². The zero-order valence-corrected chi connectivity index (χ0v) is 14.1. The maximum atomic E-state index is 12.9. The Hall–Kier alpha value is -2.76. The highest BCUT2D eigenvalue weighted by molar-refractivity contribution is 5.96. The van der Waals surface area contributed by atoms with Gasteiger partial charge in [-0.3, -0.25) is 9.59 Å². The molecule has 4 rings (SSSR count). The van der Waals surface area contributed by atoms with Crippen molar-refractivity contribution in [3.05, 3.63) is 53.0 Å². The van der Waals surface area contributed by atoms with Gasteiger partial charge in [-0.1, -0.05) is 18.2 Å². The van der Waals surface area contributed by atoms with Crippen LogP contribution >= 0.6 is 0 Å². The molecule has 0 saturated carbocycles. The van der Waals surface area contributed by atoms with E-state index >= 15 is 0 Å². The fraction of sp³-hybridized carbons (Fsp3) is 0.368. The molecule has 1 fully saturated rings. The summed E-state index contributed by atoms with van der Waals surface area (Å²) >= 11 is 0. The number of aliphatic carboxylic acids is 1. The Balaban J connectivity index is 1.73. The van der Waals surface area contributed by atoms with Crippen LogP contribution in [0.2, 0.25) is 0 Å². The highest BCUT2D eigenvalue weighted by Crippen LogP contribution is 2.50. The number of amides is 1. The Kier molecular flexibility index (Phi) is 3.39. The van der Waals surface area contributed by atoms with Crippen LogP contribution in [0.3, 0.4) is 0 Å². The van der Waals surface area contributed by atoms with Crippen molar-refractivity contribution in [2.45, 2.75) is 19.8 Å². The molecule has 0 radical (unpaired) electrons. The molecular weight excluding hydrogens is 322 g/mol. The predicted octanol–water partition coefficient (Wildman–Crippen LogP) is 2.60. The Morgan fingerprint density at radius 2 is 2.04 bits per heavy atom. The molecule has 6 nitrogen and oxygen atoms in total. The van der Waals surface area contributed by atoms with Crippen molar-refractivity contribution in [2.75, 3.05) is 19.7 Å². The van der Waals surface area contributed by atoms with Gasteiger partial charge in [0.25, 0.3) is 5.91 Å². The molecule has 3 heterocycles. The lowest BCUT2D eigenvalue weighted by atomic mass is 9.73. The monoisotopic (exact) mass is 341 g/mol. The molecule has 130 valence electrons. The van der Waals surface area contributed by atoms with E-state index < -0.39 is 11.4 Å². The van der Waals surface area contributed by atoms with Crippen LogP contribution < -0.4 is 4.74 Å². The highest BCUT2D eigenvalue weighted by Gasteiger charge is 2.57. The van der Waals surface area contributed by atoms with Gasteiger partial charge in [-0.2, -0.15) is 0 Å². The highest BCUT2D eigenvalue weighted by atomic mass is 16.5. The van der Waals surface area contributed by atoms with Crippen LogP contribution in [0.1, 0.15) is 33.4 Å². The maximum absolute atomic E-state index is 12.9. The lowest BCUT2D eigenvalue weighted by Gasteiger charge is -2.35. The lowest BCUT2D eigenvalue weighted by molar-refractivity contribution is -0.151. The lowest BCUT2D eigenvalue weighted by Crippen LogP contribution is -2.46. The quantitative estimate of drug-likeness (QED) is 0.908. The molecule has 2 atom stereocenters. The third kappa shape index (κ3) is 2.24. The number of rotatable bonds is 2. The van der Waals surface area contributed by atoms with Crippen molar-refractivity contribution in [3.8, 4) is 5.75 Å². The number of benzene rings is 1. The van der Waals surface area contributed by atoms with Crippen LogP contribution in [0.4, 0.5) is 0 Å². The molecule has 1 unspecified atom stereocenters. The second kappa shape index (κ2) is 5.37. The minimum atomic E-state index is -1.11. The second-order valence-corrected chi connectivity index (χ2v) is 6.85. The number of hydrogen-bond donors (Lipinski definition) is 1. The number of aryl methyl sites for hydroxylation is 2. The van der Waals surface area contributed by atoms with Crippen LogP contribution in [-0.2, 0) is 4.79 Å². The second-order valence-electron chi connectivity index (χ2n) is 6.85. The molecule has 0 bridgehead atoms. The van der Waals surface area contributed by atoms with E-state index in [0.29, 0.717) is 29.4 Å². The molecule has 2 aliphatic rings.